The number of likely N-dealkylation sites (tertiary alicyclic amines) is 1. The van der Waals surface area contributed by atoms with Crippen LogP contribution in [0.2, 0.25) is 0 Å². The van der Waals surface area contributed by atoms with Crippen molar-refractivity contribution >= 4 is 17.5 Å². The first-order valence-electron chi connectivity index (χ1n) is 12.8. The largest absolute Gasteiger partial charge is 0.346 e. The van der Waals surface area contributed by atoms with Crippen molar-refractivity contribution in [2.24, 2.45) is 5.92 Å². The van der Waals surface area contributed by atoms with Crippen LogP contribution in [0.4, 0.5) is 5.69 Å². The van der Waals surface area contributed by atoms with Crippen LogP contribution in [-0.4, -0.2) is 50.7 Å². The molecule has 8 nitrogen and oxygen atoms in total. The van der Waals surface area contributed by atoms with Gasteiger partial charge in [-0.15, -0.1) is 0 Å². The molecule has 3 aromatic rings. The van der Waals surface area contributed by atoms with Gasteiger partial charge in [0.1, 0.15) is 5.82 Å². The molecule has 0 aliphatic carbocycles. The molecule has 2 aliphatic heterocycles. The van der Waals surface area contributed by atoms with E-state index >= 15 is 0 Å². The highest BCUT2D eigenvalue weighted by Crippen LogP contribution is 2.30. The Bertz CT molecular complexity index is 1290. The predicted molar refractivity (Wildman–Crippen MR) is 138 cm³/mol. The lowest BCUT2D eigenvalue weighted by Crippen LogP contribution is -2.42. The van der Waals surface area contributed by atoms with E-state index in [9.17, 15) is 14.4 Å². The molecule has 8 heteroatoms. The molecule has 2 aromatic carbocycles. The van der Waals surface area contributed by atoms with Crippen LogP contribution in [0.3, 0.4) is 0 Å². The maximum atomic E-state index is 13.3. The highest BCUT2D eigenvalue weighted by atomic mass is 16.2. The average Bonchev–Trinajstić information content (AvgIpc) is 3.44. The number of piperidine rings is 1. The Labute approximate surface area is 211 Å². The minimum atomic E-state index is -0.311. The summed E-state index contributed by atoms with van der Waals surface area (Å²) in [5, 5.41) is 4.72. The summed E-state index contributed by atoms with van der Waals surface area (Å²) in [5.74, 6) is 0.691. The first-order valence-corrected chi connectivity index (χ1v) is 12.8. The highest BCUT2D eigenvalue weighted by molar-refractivity contribution is 6.00. The van der Waals surface area contributed by atoms with E-state index in [1.54, 1.807) is 14.1 Å². The lowest BCUT2D eigenvalue weighted by atomic mass is 9.94. The fraction of sp³-hybridized carbons (Fsp3) is 0.429. The monoisotopic (exact) mass is 487 g/mol. The molecule has 36 heavy (non-hydrogen) atoms. The van der Waals surface area contributed by atoms with E-state index in [1.165, 1.54) is 0 Å². The fourth-order valence-corrected chi connectivity index (χ4v) is 5.38. The number of amides is 2. The summed E-state index contributed by atoms with van der Waals surface area (Å²) < 4.78 is 3.32. The minimum Gasteiger partial charge on any atom is -0.342 e. The Morgan fingerprint density at radius 1 is 1.00 bits per heavy atom. The summed E-state index contributed by atoms with van der Waals surface area (Å²) in [6.45, 7) is 6.66. The smallest absolute Gasteiger partial charge is 0.342 e. The van der Waals surface area contributed by atoms with Gasteiger partial charge in [0, 0.05) is 44.2 Å². The number of benzene rings is 2. The summed E-state index contributed by atoms with van der Waals surface area (Å²) in [5.41, 5.74) is 2.94. The summed E-state index contributed by atoms with van der Waals surface area (Å²) in [6, 6.07) is 17.7. The third-order valence-corrected chi connectivity index (χ3v) is 7.43. The van der Waals surface area contributed by atoms with Gasteiger partial charge in [-0.2, -0.15) is 5.10 Å². The Morgan fingerprint density at radius 2 is 1.69 bits per heavy atom. The number of carbonyl (C=O) groups excluding carboxylic acids is 2. The second kappa shape index (κ2) is 10.1. The fourth-order valence-electron chi connectivity index (χ4n) is 5.38. The van der Waals surface area contributed by atoms with E-state index in [0.29, 0.717) is 32.7 Å². The zero-order valence-electron chi connectivity index (χ0n) is 21.0. The van der Waals surface area contributed by atoms with Gasteiger partial charge in [-0.1, -0.05) is 48.0 Å². The van der Waals surface area contributed by atoms with Crippen molar-refractivity contribution < 1.29 is 9.59 Å². The number of hydrogen-bond acceptors (Lipinski definition) is 4. The first kappa shape index (κ1) is 24.0. The molecule has 3 heterocycles. The summed E-state index contributed by atoms with van der Waals surface area (Å²) in [7, 11) is 0. The molecule has 0 saturated carbocycles. The maximum Gasteiger partial charge on any atom is 0.346 e. The third-order valence-electron chi connectivity index (χ3n) is 7.43. The van der Waals surface area contributed by atoms with E-state index in [-0.39, 0.29) is 35.8 Å². The van der Waals surface area contributed by atoms with Gasteiger partial charge in [-0.25, -0.2) is 9.48 Å². The van der Waals surface area contributed by atoms with Gasteiger partial charge < -0.3 is 9.80 Å². The number of anilines is 1. The van der Waals surface area contributed by atoms with Crippen molar-refractivity contribution in [1.82, 2.24) is 19.2 Å². The molecule has 188 valence electrons. The second-order valence-corrected chi connectivity index (χ2v) is 9.87. The predicted octanol–water partition coefficient (Wildman–Crippen LogP) is 3.18. The molecule has 5 rings (SSSR count). The molecule has 2 amide bonds. The van der Waals surface area contributed by atoms with Crippen molar-refractivity contribution in [3.05, 3.63) is 82.0 Å². The number of aryl methyl sites for hydroxylation is 1. The maximum absolute atomic E-state index is 13.3. The SMILES string of the molecule is CCn1c(C2CCN(C(=O)C3CC(=O)N(c4ccc(C)cc4)C3)CC2)nn(Cc2ccccc2)c1=O. The molecule has 1 aromatic heterocycles. The lowest BCUT2D eigenvalue weighted by molar-refractivity contribution is -0.136. The number of rotatable bonds is 6. The van der Waals surface area contributed by atoms with Gasteiger partial charge >= 0.3 is 5.69 Å². The summed E-state index contributed by atoms with van der Waals surface area (Å²) in [4.78, 5) is 42.5. The molecule has 0 bridgehead atoms. The molecular weight excluding hydrogens is 454 g/mol. The first-order chi connectivity index (χ1) is 17.4. The summed E-state index contributed by atoms with van der Waals surface area (Å²) >= 11 is 0. The molecule has 2 fully saturated rings. The quantitative estimate of drug-likeness (QED) is 0.535. The molecule has 1 atom stereocenters. The van der Waals surface area contributed by atoms with Crippen LogP contribution in [0.1, 0.15) is 49.1 Å². The van der Waals surface area contributed by atoms with Crippen molar-refractivity contribution in [3.63, 3.8) is 0 Å². The molecule has 1 unspecified atom stereocenters. The van der Waals surface area contributed by atoms with Crippen LogP contribution in [-0.2, 0) is 22.7 Å². The van der Waals surface area contributed by atoms with Gasteiger partial charge in [0.15, 0.2) is 0 Å². The van der Waals surface area contributed by atoms with Gasteiger partial charge in [-0.3, -0.25) is 14.2 Å². The van der Waals surface area contributed by atoms with Crippen LogP contribution < -0.4 is 10.6 Å². The average molecular weight is 488 g/mol. The van der Waals surface area contributed by atoms with Crippen molar-refractivity contribution in [3.8, 4) is 0 Å². The van der Waals surface area contributed by atoms with Crippen molar-refractivity contribution in [1.29, 1.82) is 0 Å². The zero-order chi connectivity index (χ0) is 25.2. The second-order valence-electron chi connectivity index (χ2n) is 9.87. The van der Waals surface area contributed by atoms with E-state index in [4.69, 9.17) is 5.10 Å². The number of hydrogen-bond donors (Lipinski definition) is 0. The molecular formula is C28H33N5O3. The van der Waals surface area contributed by atoms with E-state index in [1.807, 2.05) is 73.3 Å². The Balaban J connectivity index is 1.23. The normalized spacial score (nSPS) is 18.7. The molecule has 2 saturated heterocycles. The minimum absolute atomic E-state index is 0.00278. The Morgan fingerprint density at radius 3 is 2.36 bits per heavy atom. The van der Waals surface area contributed by atoms with Crippen molar-refractivity contribution in [2.75, 3.05) is 24.5 Å². The Kier molecular flexibility index (Phi) is 6.76. The molecule has 0 spiro atoms. The van der Waals surface area contributed by atoms with Crippen LogP contribution in [0.5, 0.6) is 0 Å². The molecule has 2 aliphatic rings. The number of carbonyl (C=O) groups is 2. The number of aromatic nitrogens is 3. The Hall–Kier alpha value is -3.68. The van der Waals surface area contributed by atoms with Crippen LogP contribution >= 0.6 is 0 Å². The lowest BCUT2D eigenvalue weighted by Gasteiger charge is -2.33. The van der Waals surface area contributed by atoms with Gasteiger partial charge in [0.2, 0.25) is 11.8 Å². The van der Waals surface area contributed by atoms with Crippen LogP contribution in [0, 0.1) is 12.8 Å². The van der Waals surface area contributed by atoms with Gasteiger partial charge in [0.05, 0.1) is 12.5 Å². The third kappa shape index (κ3) is 4.72. The standard InChI is InChI=1S/C28H33N5O3/c1-3-31-26(29-33(28(31)36)18-21-7-5-4-6-8-21)22-13-15-30(16-14-22)27(35)23-17-25(34)32(19-23)24-11-9-20(2)10-12-24/h4-12,22-23H,3,13-19H2,1-2H3. The molecule has 0 N–H and O–H groups in total. The van der Waals surface area contributed by atoms with Crippen molar-refractivity contribution in [2.45, 2.75) is 52.1 Å². The van der Waals surface area contributed by atoms with E-state index in [2.05, 4.69) is 0 Å². The topological polar surface area (TPSA) is 80.4 Å². The van der Waals surface area contributed by atoms with Gasteiger partial charge in [-0.05, 0) is 44.4 Å². The van der Waals surface area contributed by atoms with Crippen LogP contribution in [0.25, 0.3) is 0 Å². The van der Waals surface area contributed by atoms with Crippen LogP contribution in [0.15, 0.2) is 59.4 Å². The van der Waals surface area contributed by atoms with E-state index in [0.717, 1.165) is 35.5 Å². The zero-order valence-corrected chi connectivity index (χ0v) is 21.0. The van der Waals surface area contributed by atoms with Gasteiger partial charge in [0.25, 0.3) is 0 Å². The summed E-state index contributed by atoms with van der Waals surface area (Å²) in [6.07, 6.45) is 1.78. The molecule has 0 radical (unpaired) electrons. The number of nitrogens with zero attached hydrogens (tertiary/aromatic N) is 5. The highest BCUT2D eigenvalue weighted by Gasteiger charge is 2.38. The van der Waals surface area contributed by atoms with E-state index < -0.39 is 0 Å².